The lowest BCUT2D eigenvalue weighted by Crippen LogP contribution is -2.46. The number of nitrogens with zero attached hydrogens (tertiary/aromatic N) is 2. The number of H-pyrrole nitrogens is 1. The molecule has 9 heteroatoms. The van der Waals surface area contributed by atoms with Gasteiger partial charge in [-0.25, -0.2) is 4.98 Å². The van der Waals surface area contributed by atoms with E-state index in [9.17, 15) is 9.59 Å². The number of hydrogen-bond acceptors (Lipinski definition) is 4. The van der Waals surface area contributed by atoms with Crippen LogP contribution in [-0.4, -0.2) is 58.9 Å². The Morgan fingerprint density at radius 3 is 2.77 bits per heavy atom. The molecule has 2 aromatic rings. The molecule has 0 aliphatic carbocycles. The van der Waals surface area contributed by atoms with Crippen molar-refractivity contribution in [2.45, 2.75) is 44.6 Å². The van der Waals surface area contributed by atoms with E-state index < -0.39 is 0 Å². The second-order valence-electron chi connectivity index (χ2n) is 7.94. The number of benzene rings is 1. The van der Waals surface area contributed by atoms with Gasteiger partial charge in [0.15, 0.2) is 0 Å². The normalized spacial score (nSPS) is 21.0. The van der Waals surface area contributed by atoms with Crippen LogP contribution < -0.4 is 10.6 Å². The van der Waals surface area contributed by atoms with Crippen LogP contribution in [0.25, 0.3) is 11.0 Å². The van der Waals surface area contributed by atoms with Gasteiger partial charge in [-0.1, -0.05) is 12.1 Å². The zero-order valence-electron chi connectivity index (χ0n) is 17.1. The van der Waals surface area contributed by atoms with E-state index in [1.54, 1.807) is 0 Å². The van der Waals surface area contributed by atoms with Crippen molar-refractivity contribution < 1.29 is 9.59 Å². The lowest BCUT2D eigenvalue weighted by molar-refractivity contribution is -0.133. The van der Waals surface area contributed by atoms with Gasteiger partial charge < -0.3 is 20.5 Å². The Balaban J connectivity index is 0.00000160. The molecule has 0 bridgehead atoms. The number of amides is 2. The van der Waals surface area contributed by atoms with Gasteiger partial charge in [0.25, 0.3) is 0 Å². The molecule has 2 saturated heterocycles. The summed E-state index contributed by atoms with van der Waals surface area (Å²) >= 11 is 0. The molecule has 0 saturated carbocycles. The first-order chi connectivity index (χ1) is 13.7. The minimum absolute atomic E-state index is 0. The molecule has 2 aliphatic heterocycles. The molecule has 4 rings (SSSR count). The van der Waals surface area contributed by atoms with E-state index in [0.717, 1.165) is 62.2 Å². The number of aromatic amines is 1. The molecule has 0 spiro atoms. The van der Waals surface area contributed by atoms with E-state index in [2.05, 4.69) is 20.6 Å². The van der Waals surface area contributed by atoms with Crippen molar-refractivity contribution in [1.82, 2.24) is 25.5 Å². The Labute approximate surface area is 189 Å². The highest BCUT2D eigenvalue weighted by atomic mass is 35.5. The number of carbonyl (C=O) groups excluding carboxylic acids is 2. The van der Waals surface area contributed by atoms with Crippen LogP contribution in [0.2, 0.25) is 0 Å². The number of rotatable bonds is 6. The molecular formula is C21H31Cl2N5O2. The van der Waals surface area contributed by atoms with Gasteiger partial charge in [0.2, 0.25) is 11.8 Å². The molecule has 3 heterocycles. The fourth-order valence-corrected chi connectivity index (χ4v) is 4.24. The summed E-state index contributed by atoms with van der Waals surface area (Å²) in [6.45, 7) is 3.13. The van der Waals surface area contributed by atoms with Crippen LogP contribution in [-0.2, 0) is 16.0 Å². The molecule has 2 amide bonds. The van der Waals surface area contributed by atoms with Gasteiger partial charge in [0.05, 0.1) is 17.1 Å². The summed E-state index contributed by atoms with van der Waals surface area (Å²) in [4.78, 5) is 34.6. The third-order valence-corrected chi connectivity index (χ3v) is 5.83. The van der Waals surface area contributed by atoms with Gasteiger partial charge in [0, 0.05) is 32.5 Å². The summed E-state index contributed by atoms with van der Waals surface area (Å²) in [5.41, 5.74) is 1.95. The zero-order chi connectivity index (χ0) is 19.3. The van der Waals surface area contributed by atoms with Crippen molar-refractivity contribution >= 4 is 47.7 Å². The average molecular weight is 456 g/mol. The van der Waals surface area contributed by atoms with Gasteiger partial charge in [-0.3, -0.25) is 9.59 Å². The number of imidazole rings is 1. The Kier molecular flexibility index (Phi) is 9.39. The minimum atomic E-state index is -0.0369. The number of para-hydroxylation sites is 2. The van der Waals surface area contributed by atoms with E-state index in [-0.39, 0.29) is 42.7 Å². The molecule has 1 aromatic carbocycles. The van der Waals surface area contributed by atoms with Crippen molar-refractivity contribution in [2.24, 2.45) is 5.92 Å². The maximum absolute atomic E-state index is 12.7. The smallest absolute Gasteiger partial charge is 0.237 e. The number of halogens is 2. The minimum Gasteiger partial charge on any atom is -0.354 e. The molecule has 2 unspecified atom stereocenters. The number of fused-ring (bicyclic) bond motifs is 1. The summed E-state index contributed by atoms with van der Waals surface area (Å²) < 4.78 is 0. The van der Waals surface area contributed by atoms with Crippen LogP contribution in [0.15, 0.2) is 24.3 Å². The topological polar surface area (TPSA) is 90.1 Å². The molecule has 1 aromatic heterocycles. The fourth-order valence-electron chi connectivity index (χ4n) is 4.24. The van der Waals surface area contributed by atoms with Gasteiger partial charge in [-0.15, -0.1) is 24.8 Å². The first-order valence-corrected chi connectivity index (χ1v) is 10.4. The van der Waals surface area contributed by atoms with Crippen LogP contribution in [0.4, 0.5) is 0 Å². The van der Waals surface area contributed by atoms with E-state index in [0.29, 0.717) is 25.3 Å². The van der Waals surface area contributed by atoms with Gasteiger partial charge in [0.1, 0.15) is 5.82 Å². The predicted octanol–water partition coefficient (Wildman–Crippen LogP) is 2.45. The third-order valence-electron chi connectivity index (χ3n) is 5.83. The van der Waals surface area contributed by atoms with Crippen molar-refractivity contribution in [3.05, 3.63) is 30.1 Å². The maximum Gasteiger partial charge on any atom is 0.237 e. The highest BCUT2D eigenvalue weighted by Crippen LogP contribution is 2.18. The highest BCUT2D eigenvalue weighted by molar-refractivity contribution is 5.85. The summed E-state index contributed by atoms with van der Waals surface area (Å²) in [6.07, 6.45) is 5.13. The van der Waals surface area contributed by atoms with Gasteiger partial charge in [-0.05, 0) is 50.3 Å². The van der Waals surface area contributed by atoms with Crippen molar-refractivity contribution in [1.29, 1.82) is 0 Å². The summed E-state index contributed by atoms with van der Waals surface area (Å²) in [7, 11) is 0. The summed E-state index contributed by atoms with van der Waals surface area (Å²) in [6, 6.07) is 7.88. The van der Waals surface area contributed by atoms with Crippen molar-refractivity contribution in [3.63, 3.8) is 0 Å². The standard InChI is InChI=1S/C21H29N5O2.2ClH/c27-20(10-9-19-24-16-6-1-2-7-17(16)25-19)26-12-4-5-15(14-26)13-23-21(28)18-8-3-11-22-18;;/h1-2,6-7,15,18,22H,3-5,8-14H2,(H,23,28)(H,24,25);2*1H. The quantitative estimate of drug-likeness (QED) is 0.623. The number of aromatic nitrogens is 2. The SMILES string of the molecule is Cl.Cl.O=C(NCC1CCCN(C(=O)CCc2nc3ccccc3[nH]2)C1)C1CCCN1. The summed E-state index contributed by atoms with van der Waals surface area (Å²) in [5, 5.41) is 6.30. The van der Waals surface area contributed by atoms with Crippen LogP contribution >= 0.6 is 24.8 Å². The molecule has 3 N–H and O–H groups in total. The number of piperidine rings is 1. The van der Waals surface area contributed by atoms with Crippen molar-refractivity contribution in [3.8, 4) is 0 Å². The van der Waals surface area contributed by atoms with E-state index >= 15 is 0 Å². The van der Waals surface area contributed by atoms with E-state index in [4.69, 9.17) is 0 Å². The lowest BCUT2D eigenvalue weighted by atomic mass is 9.97. The average Bonchev–Trinajstić information content (AvgIpc) is 3.40. The Morgan fingerprint density at radius 2 is 2.00 bits per heavy atom. The number of hydrogen-bond donors (Lipinski definition) is 3. The van der Waals surface area contributed by atoms with Gasteiger partial charge in [-0.2, -0.15) is 0 Å². The molecule has 2 aliphatic rings. The second-order valence-corrected chi connectivity index (χ2v) is 7.94. The number of likely N-dealkylation sites (tertiary alicyclic amines) is 1. The molecule has 166 valence electrons. The third kappa shape index (κ3) is 6.09. The van der Waals surface area contributed by atoms with Gasteiger partial charge >= 0.3 is 0 Å². The van der Waals surface area contributed by atoms with E-state index in [1.165, 1.54) is 0 Å². The molecule has 0 radical (unpaired) electrons. The first kappa shape index (κ1) is 24.4. The van der Waals surface area contributed by atoms with Crippen molar-refractivity contribution in [2.75, 3.05) is 26.2 Å². The molecule has 2 atom stereocenters. The van der Waals surface area contributed by atoms with Crippen LogP contribution in [0.3, 0.4) is 0 Å². The number of aryl methyl sites for hydroxylation is 1. The van der Waals surface area contributed by atoms with Crippen LogP contribution in [0, 0.1) is 5.92 Å². The Bertz CT molecular complexity index is 805. The largest absolute Gasteiger partial charge is 0.354 e. The molecule has 2 fully saturated rings. The fraction of sp³-hybridized carbons (Fsp3) is 0.571. The van der Waals surface area contributed by atoms with Crippen LogP contribution in [0.5, 0.6) is 0 Å². The monoisotopic (exact) mass is 455 g/mol. The summed E-state index contributed by atoms with van der Waals surface area (Å²) in [5.74, 6) is 1.48. The highest BCUT2D eigenvalue weighted by Gasteiger charge is 2.26. The maximum atomic E-state index is 12.7. The second kappa shape index (κ2) is 11.5. The predicted molar refractivity (Wildman–Crippen MR) is 122 cm³/mol. The van der Waals surface area contributed by atoms with E-state index in [1.807, 2.05) is 29.2 Å². The van der Waals surface area contributed by atoms with Crippen LogP contribution in [0.1, 0.15) is 37.9 Å². The molecule has 30 heavy (non-hydrogen) atoms. The molecular weight excluding hydrogens is 425 g/mol. The zero-order valence-corrected chi connectivity index (χ0v) is 18.7. The first-order valence-electron chi connectivity index (χ1n) is 10.4. The molecule has 7 nitrogen and oxygen atoms in total. The lowest BCUT2D eigenvalue weighted by Gasteiger charge is -2.33. The number of carbonyl (C=O) groups is 2. The Morgan fingerprint density at radius 1 is 1.17 bits per heavy atom. The number of nitrogens with one attached hydrogen (secondary N) is 3. The Hall–Kier alpha value is -1.83.